The molecule has 0 unspecified atom stereocenters. The second-order valence-electron chi connectivity index (χ2n) is 7.19. The molecule has 1 amide bonds. The van der Waals surface area contributed by atoms with E-state index >= 15 is 0 Å². The van der Waals surface area contributed by atoms with Crippen LogP contribution in [0, 0.1) is 21.4 Å². The Bertz CT molecular complexity index is 1530. The van der Waals surface area contributed by atoms with E-state index in [4.69, 9.17) is 32.1 Å². The normalized spacial score (nSPS) is 11.4. The summed E-state index contributed by atoms with van der Waals surface area (Å²) in [7, 11) is -4.29. The van der Waals surface area contributed by atoms with Gasteiger partial charge in [-0.15, -0.1) is 0 Å². The van der Waals surface area contributed by atoms with Gasteiger partial charge in [0, 0.05) is 22.8 Å². The van der Waals surface area contributed by atoms with Crippen molar-refractivity contribution in [3.63, 3.8) is 0 Å². The van der Waals surface area contributed by atoms with Gasteiger partial charge in [0.15, 0.2) is 5.75 Å². The number of nitriles is 1. The number of nitrogens with one attached hydrogen (secondary N) is 1. The summed E-state index contributed by atoms with van der Waals surface area (Å²) >= 11 is 12.1. The lowest BCUT2D eigenvalue weighted by Gasteiger charge is -2.14. The summed E-state index contributed by atoms with van der Waals surface area (Å²) in [5.74, 6) is -1.16. The Balaban J connectivity index is 1.93. The van der Waals surface area contributed by atoms with Gasteiger partial charge < -0.3 is 14.2 Å². The monoisotopic (exact) mass is 561 g/mol. The third-order valence-electron chi connectivity index (χ3n) is 4.62. The van der Waals surface area contributed by atoms with Crippen molar-refractivity contribution in [2.45, 2.75) is 11.8 Å². The van der Waals surface area contributed by atoms with E-state index in [1.54, 1.807) is 13.0 Å². The molecule has 3 aromatic carbocycles. The number of ether oxygens (including phenoxy) is 1. The van der Waals surface area contributed by atoms with Crippen LogP contribution in [0.2, 0.25) is 10.0 Å². The molecule has 0 aliphatic rings. The van der Waals surface area contributed by atoms with Gasteiger partial charge in [0.1, 0.15) is 16.5 Å². The van der Waals surface area contributed by atoms with Crippen LogP contribution < -0.4 is 14.2 Å². The van der Waals surface area contributed by atoms with Crippen LogP contribution >= 0.6 is 23.2 Å². The molecule has 190 valence electrons. The summed E-state index contributed by atoms with van der Waals surface area (Å²) in [5.41, 5.74) is -0.245. The molecule has 13 heteroatoms. The average Bonchev–Trinajstić information content (AvgIpc) is 2.85. The third-order valence-corrected chi connectivity index (χ3v) is 6.39. The predicted molar refractivity (Wildman–Crippen MR) is 137 cm³/mol. The maximum Gasteiger partial charge on any atom is 0.339 e. The number of nitro groups is 1. The number of nitrogens with zero attached hydrogens (tertiary/aromatic N) is 2. The van der Waals surface area contributed by atoms with Crippen molar-refractivity contribution < 1.29 is 27.1 Å². The molecule has 0 aliphatic heterocycles. The van der Waals surface area contributed by atoms with Crippen molar-refractivity contribution in [2.75, 3.05) is 11.9 Å². The van der Waals surface area contributed by atoms with E-state index in [-0.39, 0.29) is 50.5 Å². The van der Waals surface area contributed by atoms with Crippen LogP contribution in [0.3, 0.4) is 0 Å². The summed E-state index contributed by atoms with van der Waals surface area (Å²) in [6, 6.07) is 14.9. The second kappa shape index (κ2) is 11.7. The molecule has 0 aromatic heterocycles. The Morgan fingerprint density at radius 3 is 2.49 bits per heavy atom. The number of anilines is 1. The number of hydrogen-bond acceptors (Lipinski definition) is 8. The highest BCUT2D eigenvalue weighted by Crippen LogP contribution is 2.39. The lowest BCUT2D eigenvalue weighted by molar-refractivity contribution is -0.384. The van der Waals surface area contributed by atoms with E-state index in [2.05, 4.69) is 5.32 Å². The lowest BCUT2D eigenvalue weighted by atomic mass is 10.1. The molecular formula is C24H17Cl2N3O7S. The Morgan fingerprint density at radius 2 is 1.86 bits per heavy atom. The highest BCUT2D eigenvalue weighted by atomic mass is 35.5. The first-order chi connectivity index (χ1) is 17.5. The number of hydrogen-bond donors (Lipinski definition) is 1. The van der Waals surface area contributed by atoms with Gasteiger partial charge in [-0.3, -0.25) is 14.9 Å². The van der Waals surface area contributed by atoms with Crippen LogP contribution in [-0.4, -0.2) is 25.9 Å². The van der Waals surface area contributed by atoms with Crippen molar-refractivity contribution in [2.24, 2.45) is 0 Å². The molecule has 0 radical (unpaired) electrons. The fraction of sp³-hybridized carbons (Fsp3) is 0.0833. The first kappa shape index (κ1) is 27.5. The molecule has 37 heavy (non-hydrogen) atoms. The molecule has 0 fully saturated rings. The SMILES string of the molecule is CCOc1cc(/C=C(\C#N)C(=O)Nc2cccc([N+](=O)[O-])c2)cc(Cl)c1OS(=O)(=O)c1ccc(Cl)cc1. The molecule has 3 rings (SSSR count). The van der Waals surface area contributed by atoms with Gasteiger partial charge in [0.05, 0.1) is 16.6 Å². The summed E-state index contributed by atoms with van der Waals surface area (Å²) in [6.07, 6.45) is 1.19. The number of non-ortho nitro benzene ring substituents is 1. The zero-order valence-corrected chi connectivity index (χ0v) is 21.3. The van der Waals surface area contributed by atoms with E-state index in [0.29, 0.717) is 5.02 Å². The summed E-state index contributed by atoms with van der Waals surface area (Å²) in [4.78, 5) is 22.8. The highest BCUT2D eigenvalue weighted by Gasteiger charge is 2.23. The topological polar surface area (TPSA) is 149 Å². The van der Waals surface area contributed by atoms with Crippen LogP contribution in [0.4, 0.5) is 11.4 Å². The summed E-state index contributed by atoms with van der Waals surface area (Å²) < 4.78 is 36.2. The maximum atomic E-state index is 12.7. The Hall–Kier alpha value is -4.11. The summed E-state index contributed by atoms with van der Waals surface area (Å²) in [5, 5.41) is 23.0. The van der Waals surface area contributed by atoms with Gasteiger partial charge in [-0.2, -0.15) is 13.7 Å². The van der Waals surface area contributed by atoms with Gasteiger partial charge in [-0.25, -0.2) is 0 Å². The Kier molecular flexibility index (Phi) is 8.73. The van der Waals surface area contributed by atoms with Gasteiger partial charge in [0.25, 0.3) is 11.6 Å². The molecule has 0 heterocycles. The van der Waals surface area contributed by atoms with Crippen LogP contribution in [0.5, 0.6) is 11.5 Å². The minimum atomic E-state index is -4.29. The van der Waals surface area contributed by atoms with E-state index < -0.39 is 20.9 Å². The first-order valence-corrected chi connectivity index (χ1v) is 12.5. The molecule has 10 nitrogen and oxygen atoms in total. The number of carbonyl (C=O) groups is 1. The minimum absolute atomic E-state index is 0.0461. The molecule has 3 aromatic rings. The number of rotatable bonds is 9. The maximum absolute atomic E-state index is 12.7. The van der Waals surface area contributed by atoms with E-state index in [1.807, 2.05) is 0 Å². The average molecular weight is 562 g/mol. The van der Waals surface area contributed by atoms with Gasteiger partial charge >= 0.3 is 10.1 Å². The number of carbonyl (C=O) groups excluding carboxylic acids is 1. The van der Waals surface area contributed by atoms with Crippen molar-refractivity contribution in [1.82, 2.24) is 0 Å². The minimum Gasteiger partial charge on any atom is -0.490 e. The van der Waals surface area contributed by atoms with Crippen molar-refractivity contribution in [1.29, 1.82) is 5.26 Å². The van der Waals surface area contributed by atoms with Gasteiger partial charge in [0.2, 0.25) is 5.75 Å². The number of benzene rings is 3. The molecular weight excluding hydrogens is 545 g/mol. The Morgan fingerprint density at radius 1 is 1.16 bits per heavy atom. The number of nitro benzene ring substituents is 1. The smallest absolute Gasteiger partial charge is 0.339 e. The van der Waals surface area contributed by atoms with E-state index in [0.717, 1.165) is 6.07 Å². The van der Waals surface area contributed by atoms with E-state index in [1.165, 1.54) is 60.7 Å². The van der Waals surface area contributed by atoms with E-state index in [9.17, 15) is 28.6 Å². The lowest BCUT2D eigenvalue weighted by Crippen LogP contribution is -2.13. The van der Waals surface area contributed by atoms with Gasteiger partial charge in [-0.1, -0.05) is 29.3 Å². The van der Waals surface area contributed by atoms with Gasteiger partial charge in [-0.05, 0) is 61.0 Å². The molecule has 1 N–H and O–H groups in total. The molecule has 0 bridgehead atoms. The van der Waals surface area contributed by atoms with Crippen LogP contribution in [-0.2, 0) is 14.9 Å². The Labute approximate surface area is 221 Å². The second-order valence-corrected chi connectivity index (χ2v) is 9.58. The fourth-order valence-electron chi connectivity index (χ4n) is 2.99. The molecule has 0 saturated heterocycles. The third kappa shape index (κ3) is 6.98. The number of halogens is 2. The van der Waals surface area contributed by atoms with Crippen molar-refractivity contribution in [3.8, 4) is 17.6 Å². The molecule has 0 atom stereocenters. The van der Waals surface area contributed by atoms with Crippen LogP contribution in [0.25, 0.3) is 6.08 Å². The summed E-state index contributed by atoms with van der Waals surface area (Å²) in [6.45, 7) is 1.78. The van der Waals surface area contributed by atoms with Crippen LogP contribution in [0.1, 0.15) is 12.5 Å². The highest BCUT2D eigenvalue weighted by molar-refractivity contribution is 7.87. The zero-order valence-electron chi connectivity index (χ0n) is 19.0. The van der Waals surface area contributed by atoms with Crippen LogP contribution in [0.15, 0.2) is 71.1 Å². The van der Waals surface area contributed by atoms with Crippen molar-refractivity contribution >= 4 is 56.7 Å². The molecule has 0 aliphatic carbocycles. The predicted octanol–water partition coefficient (Wildman–Crippen LogP) is 5.61. The molecule has 0 spiro atoms. The zero-order chi connectivity index (χ0) is 27.2. The standard InChI is InChI=1S/C24H17Cl2N3O7S/c1-2-35-22-12-15(10-16(14-27)24(30)28-18-4-3-5-19(13-18)29(31)32)11-21(26)23(22)36-37(33,34)20-8-6-17(25)7-9-20/h3-13H,2H2,1H3,(H,28,30)/b16-10+. The largest absolute Gasteiger partial charge is 0.490 e. The fourth-order valence-corrected chi connectivity index (χ4v) is 4.37. The van der Waals surface area contributed by atoms with Crippen molar-refractivity contribution in [3.05, 3.63) is 92.0 Å². The molecule has 0 saturated carbocycles. The quantitative estimate of drug-likeness (QED) is 0.116. The first-order valence-electron chi connectivity index (χ1n) is 10.4. The number of amides is 1.